The van der Waals surface area contributed by atoms with Crippen molar-refractivity contribution in [2.24, 2.45) is 0 Å². The minimum absolute atomic E-state index is 0.172. The lowest BCUT2D eigenvalue weighted by atomic mass is 10.1. The Morgan fingerprint density at radius 1 is 1.29 bits per heavy atom. The molecule has 0 aliphatic rings. The first-order valence-corrected chi connectivity index (χ1v) is 5.34. The fraction of sp³-hybridized carbons (Fsp3) is 0.231. The van der Waals surface area contributed by atoms with Crippen LogP contribution in [0.15, 0.2) is 23.0 Å². The third-order valence-electron chi connectivity index (χ3n) is 2.79. The van der Waals surface area contributed by atoms with E-state index in [2.05, 4.69) is 5.10 Å². The van der Waals surface area contributed by atoms with Crippen LogP contribution in [0, 0.1) is 32.1 Å². The second kappa shape index (κ2) is 3.95. The van der Waals surface area contributed by atoms with Crippen LogP contribution in [-0.2, 0) is 0 Å². The van der Waals surface area contributed by atoms with Crippen LogP contribution in [0.1, 0.15) is 22.4 Å². The summed E-state index contributed by atoms with van der Waals surface area (Å²) in [5.41, 5.74) is 3.33. The van der Waals surface area contributed by atoms with Gasteiger partial charge in [0.25, 0.3) is 5.56 Å². The normalized spacial score (nSPS) is 10.2. The number of aromatic amines is 1. The van der Waals surface area contributed by atoms with Gasteiger partial charge in [0.15, 0.2) is 0 Å². The van der Waals surface area contributed by atoms with E-state index >= 15 is 0 Å². The van der Waals surface area contributed by atoms with Crippen molar-refractivity contribution in [1.82, 2.24) is 9.78 Å². The zero-order valence-electron chi connectivity index (χ0n) is 10.0. The van der Waals surface area contributed by atoms with Crippen molar-refractivity contribution in [3.8, 4) is 11.8 Å². The van der Waals surface area contributed by atoms with Gasteiger partial charge in [-0.2, -0.15) is 5.26 Å². The number of hydrogen-bond donors (Lipinski definition) is 1. The number of nitrogens with zero attached hydrogens (tertiary/aromatic N) is 2. The van der Waals surface area contributed by atoms with Crippen LogP contribution >= 0.6 is 0 Å². The number of rotatable bonds is 1. The molecular weight excluding hydrogens is 214 g/mol. The second-order valence-electron chi connectivity index (χ2n) is 4.15. The van der Waals surface area contributed by atoms with Gasteiger partial charge < -0.3 is 0 Å². The average molecular weight is 227 g/mol. The number of benzene rings is 1. The van der Waals surface area contributed by atoms with E-state index in [-0.39, 0.29) is 11.1 Å². The van der Waals surface area contributed by atoms with Crippen LogP contribution in [0.3, 0.4) is 0 Å². The van der Waals surface area contributed by atoms with Crippen LogP contribution in [0.5, 0.6) is 0 Å². The first kappa shape index (κ1) is 11.2. The number of nitriles is 1. The standard InChI is InChI=1S/C13H13N3O/c1-8-4-5-9(2)12(6-8)16-13(17)11(7-14)10(3)15-16/h4-6,15H,1-3H3. The van der Waals surface area contributed by atoms with Crippen molar-refractivity contribution < 1.29 is 0 Å². The summed E-state index contributed by atoms with van der Waals surface area (Å²) < 4.78 is 1.43. The predicted octanol–water partition coefficient (Wildman–Crippen LogP) is 1.96. The highest BCUT2D eigenvalue weighted by Gasteiger charge is 2.12. The molecule has 0 saturated heterocycles. The zero-order valence-corrected chi connectivity index (χ0v) is 10.0. The molecule has 1 aromatic carbocycles. The van der Waals surface area contributed by atoms with Gasteiger partial charge in [-0.3, -0.25) is 9.89 Å². The van der Waals surface area contributed by atoms with E-state index in [4.69, 9.17) is 5.26 Å². The van der Waals surface area contributed by atoms with Gasteiger partial charge in [0.05, 0.1) is 11.4 Å². The summed E-state index contributed by atoms with van der Waals surface area (Å²) >= 11 is 0. The molecule has 0 bridgehead atoms. The summed E-state index contributed by atoms with van der Waals surface area (Å²) in [6.07, 6.45) is 0. The molecule has 0 aliphatic heterocycles. The largest absolute Gasteiger partial charge is 0.294 e. The molecular formula is C13H13N3O. The molecule has 4 nitrogen and oxygen atoms in total. The summed E-state index contributed by atoms with van der Waals surface area (Å²) in [6, 6.07) is 7.80. The molecule has 86 valence electrons. The summed E-state index contributed by atoms with van der Waals surface area (Å²) in [5, 5.41) is 11.8. The molecule has 0 fully saturated rings. The Morgan fingerprint density at radius 3 is 2.59 bits per heavy atom. The molecule has 0 aliphatic carbocycles. The molecule has 0 radical (unpaired) electrons. The van der Waals surface area contributed by atoms with Crippen molar-refractivity contribution >= 4 is 0 Å². The van der Waals surface area contributed by atoms with Gasteiger partial charge in [0, 0.05) is 0 Å². The molecule has 1 aromatic heterocycles. The number of H-pyrrole nitrogens is 1. The van der Waals surface area contributed by atoms with Crippen molar-refractivity contribution in [2.45, 2.75) is 20.8 Å². The van der Waals surface area contributed by atoms with Crippen LogP contribution < -0.4 is 5.56 Å². The van der Waals surface area contributed by atoms with E-state index in [1.165, 1.54) is 4.68 Å². The first-order valence-electron chi connectivity index (χ1n) is 5.34. The second-order valence-corrected chi connectivity index (χ2v) is 4.15. The van der Waals surface area contributed by atoms with E-state index in [1.54, 1.807) is 6.92 Å². The number of aromatic nitrogens is 2. The zero-order chi connectivity index (χ0) is 12.6. The number of aryl methyl sites for hydroxylation is 3. The molecule has 1 N–H and O–H groups in total. The van der Waals surface area contributed by atoms with Crippen LogP contribution in [-0.4, -0.2) is 9.78 Å². The highest BCUT2D eigenvalue weighted by atomic mass is 16.1. The average Bonchev–Trinajstić information content (AvgIpc) is 2.57. The molecule has 4 heteroatoms. The van der Waals surface area contributed by atoms with Crippen LogP contribution in [0.4, 0.5) is 0 Å². The molecule has 0 spiro atoms. The minimum atomic E-state index is -0.293. The summed E-state index contributed by atoms with van der Waals surface area (Å²) in [5.74, 6) is 0. The van der Waals surface area contributed by atoms with E-state index in [0.29, 0.717) is 5.69 Å². The number of nitrogens with one attached hydrogen (secondary N) is 1. The number of hydrogen-bond acceptors (Lipinski definition) is 2. The molecule has 0 atom stereocenters. The van der Waals surface area contributed by atoms with Crippen LogP contribution in [0.25, 0.3) is 5.69 Å². The van der Waals surface area contributed by atoms with Gasteiger partial charge in [-0.25, -0.2) is 4.68 Å². The van der Waals surface area contributed by atoms with E-state index in [9.17, 15) is 4.79 Å². The Bertz CT molecular complexity index is 671. The van der Waals surface area contributed by atoms with E-state index < -0.39 is 0 Å². The smallest absolute Gasteiger partial charge is 0.289 e. The summed E-state index contributed by atoms with van der Waals surface area (Å²) in [6.45, 7) is 5.62. The first-order chi connectivity index (χ1) is 8.04. The third-order valence-corrected chi connectivity index (χ3v) is 2.79. The molecule has 0 amide bonds. The van der Waals surface area contributed by atoms with E-state index in [1.807, 2.05) is 38.1 Å². The van der Waals surface area contributed by atoms with E-state index in [0.717, 1.165) is 16.8 Å². The topological polar surface area (TPSA) is 61.6 Å². The molecule has 17 heavy (non-hydrogen) atoms. The monoisotopic (exact) mass is 227 g/mol. The van der Waals surface area contributed by atoms with Gasteiger partial charge in [0.1, 0.15) is 11.6 Å². The molecule has 2 rings (SSSR count). The Balaban J connectivity index is 2.74. The Hall–Kier alpha value is -2.28. The lowest BCUT2D eigenvalue weighted by molar-refractivity contribution is 0.828. The van der Waals surface area contributed by atoms with Crippen LogP contribution in [0.2, 0.25) is 0 Å². The molecule has 2 aromatic rings. The maximum atomic E-state index is 12.0. The summed E-state index contributed by atoms with van der Waals surface area (Å²) in [7, 11) is 0. The van der Waals surface area contributed by atoms with Gasteiger partial charge in [0.2, 0.25) is 0 Å². The Labute approximate surface area is 99.1 Å². The van der Waals surface area contributed by atoms with Gasteiger partial charge in [-0.1, -0.05) is 12.1 Å². The van der Waals surface area contributed by atoms with Crippen molar-refractivity contribution in [2.75, 3.05) is 0 Å². The maximum Gasteiger partial charge on any atom is 0.289 e. The Morgan fingerprint density at radius 2 is 2.00 bits per heavy atom. The predicted molar refractivity (Wildman–Crippen MR) is 65.3 cm³/mol. The SMILES string of the molecule is Cc1ccc(C)c(-n2[nH]c(C)c(C#N)c2=O)c1. The highest BCUT2D eigenvalue weighted by molar-refractivity contribution is 5.44. The van der Waals surface area contributed by atoms with Crippen molar-refractivity contribution in [3.05, 3.63) is 50.9 Å². The minimum Gasteiger partial charge on any atom is -0.294 e. The summed E-state index contributed by atoms with van der Waals surface area (Å²) in [4.78, 5) is 12.0. The van der Waals surface area contributed by atoms with Gasteiger partial charge in [-0.05, 0) is 38.0 Å². The van der Waals surface area contributed by atoms with Crippen molar-refractivity contribution in [3.63, 3.8) is 0 Å². The third kappa shape index (κ3) is 1.76. The van der Waals surface area contributed by atoms with Gasteiger partial charge >= 0.3 is 0 Å². The lowest BCUT2D eigenvalue weighted by Crippen LogP contribution is -2.17. The molecule has 1 heterocycles. The fourth-order valence-corrected chi connectivity index (χ4v) is 1.81. The fourth-order valence-electron chi connectivity index (χ4n) is 1.81. The quantitative estimate of drug-likeness (QED) is 0.809. The Kier molecular flexibility index (Phi) is 2.60. The van der Waals surface area contributed by atoms with Gasteiger partial charge in [-0.15, -0.1) is 0 Å². The highest BCUT2D eigenvalue weighted by Crippen LogP contribution is 2.14. The molecule has 0 unspecified atom stereocenters. The maximum absolute atomic E-state index is 12.0. The van der Waals surface area contributed by atoms with Crippen molar-refractivity contribution in [1.29, 1.82) is 5.26 Å². The molecule has 0 saturated carbocycles. The lowest BCUT2D eigenvalue weighted by Gasteiger charge is -2.06.